The van der Waals surface area contributed by atoms with Crippen molar-refractivity contribution in [2.75, 3.05) is 0 Å². The van der Waals surface area contributed by atoms with Gasteiger partial charge in [0.15, 0.2) is 5.13 Å². The van der Waals surface area contributed by atoms with Crippen molar-refractivity contribution in [1.29, 1.82) is 5.26 Å². The van der Waals surface area contributed by atoms with Crippen LogP contribution < -0.4 is 11.2 Å². The second kappa shape index (κ2) is 4.48. The van der Waals surface area contributed by atoms with E-state index in [-0.39, 0.29) is 11.0 Å². The van der Waals surface area contributed by atoms with E-state index >= 15 is 0 Å². The number of aromatic nitrogens is 3. The van der Waals surface area contributed by atoms with Crippen LogP contribution in [0.3, 0.4) is 0 Å². The minimum atomic E-state index is -0.684. The first-order valence-corrected chi connectivity index (χ1v) is 6.43. The van der Waals surface area contributed by atoms with Gasteiger partial charge in [-0.1, -0.05) is 20.8 Å². The minimum absolute atomic E-state index is 0.118. The summed E-state index contributed by atoms with van der Waals surface area (Å²) in [4.78, 5) is 29.5. The zero-order chi connectivity index (χ0) is 14.2. The molecule has 0 saturated carbocycles. The molecule has 0 amide bonds. The molecule has 1 N–H and O–H groups in total. The number of rotatable bonds is 1. The van der Waals surface area contributed by atoms with Gasteiger partial charge in [-0.05, 0) is 0 Å². The summed E-state index contributed by atoms with van der Waals surface area (Å²) in [6.07, 6.45) is 1.21. The van der Waals surface area contributed by atoms with Crippen molar-refractivity contribution in [3.05, 3.63) is 43.7 Å². The molecule has 0 aliphatic heterocycles. The number of hydrogen-bond acceptors (Lipinski definition) is 5. The highest BCUT2D eigenvalue weighted by molar-refractivity contribution is 7.12. The molecular weight excluding hydrogens is 264 g/mol. The first kappa shape index (κ1) is 13.2. The van der Waals surface area contributed by atoms with E-state index in [0.717, 1.165) is 5.69 Å². The normalized spacial score (nSPS) is 11.3. The molecule has 0 radical (unpaired) electrons. The van der Waals surface area contributed by atoms with Crippen LogP contribution in [0.5, 0.6) is 0 Å². The molecule has 98 valence electrons. The van der Waals surface area contributed by atoms with Gasteiger partial charge in [0.1, 0.15) is 11.6 Å². The maximum Gasteiger partial charge on any atom is 0.334 e. The zero-order valence-corrected chi connectivity index (χ0v) is 11.5. The van der Waals surface area contributed by atoms with Crippen LogP contribution in [0.15, 0.2) is 21.2 Å². The van der Waals surface area contributed by atoms with Crippen molar-refractivity contribution in [2.24, 2.45) is 0 Å². The Bertz CT molecular complexity index is 770. The number of nitrogens with one attached hydrogen (secondary N) is 1. The Morgan fingerprint density at radius 2 is 2.11 bits per heavy atom. The van der Waals surface area contributed by atoms with Crippen LogP contribution in [-0.4, -0.2) is 14.5 Å². The highest BCUT2D eigenvalue weighted by Crippen LogP contribution is 2.24. The van der Waals surface area contributed by atoms with Crippen LogP contribution >= 0.6 is 11.3 Å². The van der Waals surface area contributed by atoms with Gasteiger partial charge in [-0.15, -0.1) is 11.3 Å². The Morgan fingerprint density at radius 3 is 2.63 bits per heavy atom. The fraction of sp³-hybridized carbons (Fsp3) is 0.333. The van der Waals surface area contributed by atoms with Gasteiger partial charge in [0.25, 0.3) is 5.56 Å². The van der Waals surface area contributed by atoms with E-state index in [1.54, 1.807) is 6.07 Å². The third-order valence-corrected chi connectivity index (χ3v) is 3.37. The van der Waals surface area contributed by atoms with Crippen molar-refractivity contribution < 1.29 is 0 Å². The quantitative estimate of drug-likeness (QED) is 0.845. The van der Waals surface area contributed by atoms with Crippen LogP contribution in [0.1, 0.15) is 32.0 Å². The number of aromatic amines is 1. The Balaban J connectivity index is 2.61. The first-order chi connectivity index (χ1) is 8.82. The topological polar surface area (TPSA) is 91.5 Å². The van der Waals surface area contributed by atoms with Crippen LogP contribution in [-0.2, 0) is 5.41 Å². The van der Waals surface area contributed by atoms with Gasteiger partial charge in [0.05, 0.1) is 5.69 Å². The Labute approximate surface area is 113 Å². The van der Waals surface area contributed by atoms with Crippen molar-refractivity contribution >= 4 is 11.3 Å². The van der Waals surface area contributed by atoms with Gasteiger partial charge < -0.3 is 0 Å². The molecule has 6 nitrogen and oxygen atoms in total. The van der Waals surface area contributed by atoms with Crippen LogP contribution in [0.25, 0.3) is 5.13 Å². The smallest absolute Gasteiger partial charge is 0.272 e. The van der Waals surface area contributed by atoms with Crippen molar-refractivity contribution in [1.82, 2.24) is 14.5 Å². The molecule has 0 unspecified atom stereocenters. The summed E-state index contributed by atoms with van der Waals surface area (Å²) in [5, 5.41) is 11.1. The van der Waals surface area contributed by atoms with Crippen molar-refractivity contribution in [3.8, 4) is 11.2 Å². The Hall–Kier alpha value is -2.20. The summed E-state index contributed by atoms with van der Waals surface area (Å²) in [5.74, 6) is 0. The SMILES string of the molecule is CC(C)(C)c1csc(-n2cc(C#N)c(=O)[nH]c2=O)n1. The van der Waals surface area contributed by atoms with E-state index in [2.05, 4.69) is 9.97 Å². The predicted octanol–water partition coefficient (Wildman–Crippen LogP) is 1.15. The number of hydrogen-bond donors (Lipinski definition) is 1. The van der Waals surface area contributed by atoms with Gasteiger partial charge in [-0.3, -0.25) is 9.78 Å². The lowest BCUT2D eigenvalue weighted by molar-refractivity contribution is 0.571. The van der Waals surface area contributed by atoms with Crippen LogP contribution in [0, 0.1) is 11.3 Å². The van der Waals surface area contributed by atoms with E-state index in [9.17, 15) is 9.59 Å². The summed E-state index contributed by atoms with van der Waals surface area (Å²) >= 11 is 1.29. The number of H-pyrrole nitrogens is 1. The molecule has 2 heterocycles. The third kappa shape index (κ3) is 2.48. The molecule has 19 heavy (non-hydrogen) atoms. The van der Waals surface area contributed by atoms with E-state index in [1.807, 2.05) is 26.2 Å². The summed E-state index contributed by atoms with van der Waals surface area (Å²) in [5.41, 5.74) is -0.676. The van der Waals surface area contributed by atoms with Crippen LogP contribution in [0.4, 0.5) is 0 Å². The summed E-state index contributed by atoms with van der Waals surface area (Å²) < 4.78 is 1.18. The second-order valence-electron chi connectivity index (χ2n) is 5.05. The molecule has 2 aromatic rings. The Morgan fingerprint density at radius 1 is 1.42 bits per heavy atom. The highest BCUT2D eigenvalue weighted by atomic mass is 32.1. The molecular formula is C12H12N4O2S. The monoisotopic (exact) mass is 276 g/mol. The molecule has 0 spiro atoms. The highest BCUT2D eigenvalue weighted by Gasteiger charge is 2.18. The fourth-order valence-electron chi connectivity index (χ4n) is 1.41. The van der Waals surface area contributed by atoms with Crippen LogP contribution in [0.2, 0.25) is 0 Å². The van der Waals surface area contributed by atoms with Gasteiger partial charge in [0, 0.05) is 17.0 Å². The van der Waals surface area contributed by atoms with E-state index < -0.39 is 11.2 Å². The van der Waals surface area contributed by atoms with E-state index in [0.29, 0.717) is 5.13 Å². The number of thiazole rings is 1. The summed E-state index contributed by atoms with van der Waals surface area (Å²) in [7, 11) is 0. The van der Waals surface area contributed by atoms with Gasteiger partial charge in [-0.2, -0.15) is 5.26 Å². The molecule has 0 atom stereocenters. The van der Waals surface area contributed by atoms with Gasteiger partial charge >= 0.3 is 5.69 Å². The second-order valence-corrected chi connectivity index (χ2v) is 5.89. The molecule has 0 aliphatic carbocycles. The number of nitriles is 1. The maximum absolute atomic E-state index is 11.7. The molecule has 0 bridgehead atoms. The number of nitrogens with zero attached hydrogens (tertiary/aromatic N) is 3. The third-order valence-electron chi connectivity index (χ3n) is 2.53. The first-order valence-electron chi connectivity index (χ1n) is 5.55. The lowest BCUT2D eigenvalue weighted by Crippen LogP contribution is -2.30. The maximum atomic E-state index is 11.7. The lowest BCUT2D eigenvalue weighted by atomic mass is 9.93. The molecule has 0 saturated heterocycles. The molecule has 2 rings (SSSR count). The summed E-state index contributed by atoms with van der Waals surface area (Å²) in [6.45, 7) is 6.05. The molecule has 0 fully saturated rings. The molecule has 2 aromatic heterocycles. The average Bonchev–Trinajstić information content (AvgIpc) is 2.78. The zero-order valence-electron chi connectivity index (χ0n) is 10.7. The summed E-state index contributed by atoms with van der Waals surface area (Å²) in [6, 6.07) is 1.74. The van der Waals surface area contributed by atoms with Gasteiger partial charge in [-0.25, -0.2) is 14.3 Å². The van der Waals surface area contributed by atoms with E-state index in [4.69, 9.17) is 5.26 Å². The minimum Gasteiger partial charge on any atom is -0.272 e. The molecule has 7 heteroatoms. The fourth-order valence-corrected chi connectivity index (χ4v) is 2.44. The van der Waals surface area contributed by atoms with E-state index in [1.165, 1.54) is 22.1 Å². The Kier molecular flexibility index (Phi) is 3.12. The molecule has 0 aliphatic rings. The standard InChI is InChI=1S/C12H12N4O2S/c1-12(2,3)8-6-19-11(14-8)16-5-7(4-13)9(17)15-10(16)18/h5-6H,1-3H3,(H,15,17,18). The largest absolute Gasteiger partial charge is 0.334 e. The van der Waals surface area contributed by atoms with Crippen molar-refractivity contribution in [3.63, 3.8) is 0 Å². The van der Waals surface area contributed by atoms with Crippen molar-refractivity contribution in [2.45, 2.75) is 26.2 Å². The lowest BCUT2D eigenvalue weighted by Gasteiger charge is -2.14. The molecule has 0 aromatic carbocycles. The predicted molar refractivity (Wildman–Crippen MR) is 71.7 cm³/mol. The van der Waals surface area contributed by atoms with Gasteiger partial charge in [0.2, 0.25) is 0 Å². The average molecular weight is 276 g/mol.